The van der Waals surface area contributed by atoms with Gasteiger partial charge in [0.25, 0.3) is 5.91 Å². The second-order valence-corrected chi connectivity index (χ2v) is 5.96. The minimum Gasteiger partial charge on any atom is -0.356 e. The maximum Gasteiger partial charge on any atom is 0.267 e. The van der Waals surface area contributed by atoms with Crippen LogP contribution in [0.2, 0.25) is 0 Å². The van der Waals surface area contributed by atoms with E-state index in [1.54, 1.807) is 0 Å². The third-order valence-electron chi connectivity index (χ3n) is 2.92. The van der Waals surface area contributed by atoms with Gasteiger partial charge in [-0.3, -0.25) is 4.79 Å². The molecular formula is C10H15N3O3S. The summed E-state index contributed by atoms with van der Waals surface area (Å²) < 4.78 is 22.1. The smallest absolute Gasteiger partial charge is 0.267 e. The first-order valence-corrected chi connectivity index (χ1v) is 6.94. The number of nitrogens with one attached hydrogen (secondary N) is 2. The van der Waals surface area contributed by atoms with E-state index in [0.717, 1.165) is 12.8 Å². The van der Waals surface area contributed by atoms with Crippen LogP contribution in [0.3, 0.4) is 0 Å². The molecule has 17 heavy (non-hydrogen) atoms. The van der Waals surface area contributed by atoms with Gasteiger partial charge in [0.05, 0.1) is 4.90 Å². The molecule has 0 spiro atoms. The van der Waals surface area contributed by atoms with Crippen LogP contribution >= 0.6 is 0 Å². The van der Waals surface area contributed by atoms with Crippen LogP contribution in [0.15, 0.2) is 17.2 Å². The first-order valence-electron chi connectivity index (χ1n) is 5.40. The number of carbonyl (C=O) groups is 1. The molecule has 1 unspecified atom stereocenters. The molecule has 1 atom stereocenters. The van der Waals surface area contributed by atoms with Gasteiger partial charge in [-0.25, -0.2) is 13.6 Å². The number of hydrogen-bond donors (Lipinski definition) is 3. The maximum absolute atomic E-state index is 11.7. The highest BCUT2D eigenvalue weighted by atomic mass is 32.2. The average Bonchev–Trinajstić information content (AvgIpc) is 2.93. The molecule has 2 rings (SSSR count). The van der Waals surface area contributed by atoms with Gasteiger partial charge in [-0.2, -0.15) is 0 Å². The van der Waals surface area contributed by atoms with Gasteiger partial charge in [0.2, 0.25) is 10.0 Å². The van der Waals surface area contributed by atoms with Gasteiger partial charge in [0.15, 0.2) is 0 Å². The lowest BCUT2D eigenvalue weighted by atomic mass is 10.2. The number of sulfonamides is 1. The van der Waals surface area contributed by atoms with Gasteiger partial charge in [-0.1, -0.05) is 0 Å². The minimum atomic E-state index is -3.76. The van der Waals surface area contributed by atoms with Crippen molar-refractivity contribution in [3.05, 3.63) is 18.0 Å². The molecule has 1 amide bonds. The van der Waals surface area contributed by atoms with Crippen LogP contribution in [0.4, 0.5) is 0 Å². The normalized spacial score (nSPS) is 17.8. The molecule has 0 aliphatic heterocycles. The lowest BCUT2D eigenvalue weighted by molar-refractivity contribution is 0.0931. The number of hydrogen-bond acceptors (Lipinski definition) is 3. The summed E-state index contributed by atoms with van der Waals surface area (Å²) >= 11 is 0. The summed E-state index contributed by atoms with van der Waals surface area (Å²) in [7, 11) is -3.76. The minimum absolute atomic E-state index is 0.0817. The Hall–Kier alpha value is -1.34. The van der Waals surface area contributed by atoms with Crippen molar-refractivity contribution in [1.82, 2.24) is 10.3 Å². The molecule has 0 saturated heterocycles. The van der Waals surface area contributed by atoms with E-state index in [1.165, 1.54) is 12.3 Å². The molecule has 1 aromatic rings. The van der Waals surface area contributed by atoms with Crippen LogP contribution < -0.4 is 10.5 Å². The zero-order chi connectivity index (χ0) is 12.6. The molecule has 1 aromatic heterocycles. The summed E-state index contributed by atoms with van der Waals surface area (Å²) in [5.41, 5.74) is 0.210. The van der Waals surface area contributed by atoms with E-state index in [0.29, 0.717) is 5.92 Å². The molecule has 1 aliphatic carbocycles. The number of nitrogens with two attached hydrogens (primary N) is 1. The van der Waals surface area contributed by atoms with Gasteiger partial charge in [-0.05, 0) is 31.7 Å². The number of carbonyl (C=O) groups excluding carboxylic acids is 1. The van der Waals surface area contributed by atoms with Gasteiger partial charge in [-0.15, -0.1) is 0 Å². The van der Waals surface area contributed by atoms with Crippen molar-refractivity contribution in [2.24, 2.45) is 11.1 Å². The number of rotatable bonds is 4. The lowest BCUT2D eigenvalue weighted by Crippen LogP contribution is -2.34. The van der Waals surface area contributed by atoms with Crippen molar-refractivity contribution in [3.63, 3.8) is 0 Å². The molecule has 4 N–H and O–H groups in total. The summed E-state index contributed by atoms with van der Waals surface area (Å²) in [5.74, 6) is 0.242. The predicted octanol–water partition coefficient (Wildman–Crippen LogP) is 0.190. The monoisotopic (exact) mass is 257 g/mol. The predicted molar refractivity (Wildman–Crippen MR) is 61.8 cm³/mol. The van der Waals surface area contributed by atoms with Crippen LogP contribution in [0, 0.1) is 5.92 Å². The van der Waals surface area contributed by atoms with Crippen molar-refractivity contribution in [2.45, 2.75) is 30.7 Å². The summed E-state index contributed by atoms with van der Waals surface area (Å²) in [6, 6.07) is 1.35. The number of aromatic nitrogens is 1. The Balaban J connectivity index is 2.06. The largest absolute Gasteiger partial charge is 0.356 e. The van der Waals surface area contributed by atoms with E-state index in [-0.39, 0.29) is 22.5 Å². The summed E-state index contributed by atoms with van der Waals surface area (Å²) in [5, 5.41) is 7.77. The van der Waals surface area contributed by atoms with Crippen molar-refractivity contribution in [3.8, 4) is 0 Å². The van der Waals surface area contributed by atoms with Crippen molar-refractivity contribution in [2.75, 3.05) is 0 Å². The van der Waals surface area contributed by atoms with Crippen molar-refractivity contribution in [1.29, 1.82) is 0 Å². The summed E-state index contributed by atoms with van der Waals surface area (Å²) in [6.45, 7) is 1.94. The second kappa shape index (κ2) is 4.15. The number of H-pyrrole nitrogens is 1. The van der Waals surface area contributed by atoms with E-state index in [4.69, 9.17) is 5.14 Å². The Kier molecular flexibility index (Phi) is 2.96. The van der Waals surface area contributed by atoms with Crippen LogP contribution in [-0.2, 0) is 10.0 Å². The Labute approximate surface area is 99.6 Å². The maximum atomic E-state index is 11.7. The van der Waals surface area contributed by atoms with Gasteiger partial charge in [0.1, 0.15) is 5.69 Å². The quantitative estimate of drug-likeness (QED) is 0.717. The molecule has 0 bridgehead atoms. The second-order valence-electron chi connectivity index (χ2n) is 4.39. The van der Waals surface area contributed by atoms with Gasteiger partial charge in [0, 0.05) is 12.2 Å². The summed E-state index contributed by atoms with van der Waals surface area (Å²) in [6.07, 6.45) is 3.48. The van der Waals surface area contributed by atoms with E-state index in [9.17, 15) is 13.2 Å². The molecule has 7 heteroatoms. The van der Waals surface area contributed by atoms with Crippen LogP contribution in [0.1, 0.15) is 30.3 Å². The zero-order valence-corrected chi connectivity index (χ0v) is 10.3. The lowest BCUT2D eigenvalue weighted by Gasteiger charge is -2.11. The van der Waals surface area contributed by atoms with Gasteiger partial charge < -0.3 is 10.3 Å². The number of aromatic amines is 1. The fraction of sp³-hybridized carbons (Fsp3) is 0.500. The number of amides is 1. The highest BCUT2D eigenvalue weighted by Gasteiger charge is 2.29. The zero-order valence-electron chi connectivity index (χ0n) is 9.43. The topological polar surface area (TPSA) is 105 Å². The summed E-state index contributed by atoms with van der Waals surface area (Å²) in [4.78, 5) is 14.3. The Morgan fingerprint density at radius 1 is 1.59 bits per heavy atom. The highest BCUT2D eigenvalue weighted by Crippen LogP contribution is 2.32. The van der Waals surface area contributed by atoms with Crippen LogP contribution in [0.25, 0.3) is 0 Å². The molecule has 1 heterocycles. The van der Waals surface area contributed by atoms with Crippen molar-refractivity contribution < 1.29 is 13.2 Å². The van der Waals surface area contributed by atoms with Crippen LogP contribution in [-0.4, -0.2) is 25.4 Å². The third-order valence-corrected chi connectivity index (χ3v) is 3.81. The molecule has 1 fully saturated rings. The molecule has 6 nitrogen and oxygen atoms in total. The third kappa shape index (κ3) is 2.86. The molecular weight excluding hydrogens is 242 g/mol. The fourth-order valence-corrected chi connectivity index (χ4v) is 2.17. The molecule has 0 aromatic carbocycles. The standard InChI is InChI=1S/C10H15N3O3S/c1-6(7-2-3-7)13-10(14)9-4-8(5-12-9)17(11,15)16/h4-7,12H,2-3H2,1H3,(H,13,14)(H2,11,15,16). The number of primary sulfonamides is 1. The first kappa shape index (κ1) is 12.1. The van der Waals surface area contributed by atoms with E-state index < -0.39 is 10.0 Å². The molecule has 0 radical (unpaired) electrons. The first-order chi connectivity index (χ1) is 7.88. The Morgan fingerprint density at radius 3 is 2.71 bits per heavy atom. The van der Waals surface area contributed by atoms with E-state index in [2.05, 4.69) is 10.3 Å². The molecule has 94 valence electrons. The van der Waals surface area contributed by atoms with Crippen LogP contribution in [0.5, 0.6) is 0 Å². The Morgan fingerprint density at radius 2 is 2.24 bits per heavy atom. The van der Waals surface area contributed by atoms with E-state index in [1.807, 2.05) is 6.92 Å². The molecule has 1 aliphatic rings. The average molecular weight is 257 g/mol. The van der Waals surface area contributed by atoms with Gasteiger partial charge >= 0.3 is 0 Å². The van der Waals surface area contributed by atoms with E-state index >= 15 is 0 Å². The fourth-order valence-electron chi connectivity index (χ4n) is 1.67. The van der Waals surface area contributed by atoms with Crippen molar-refractivity contribution >= 4 is 15.9 Å². The Bertz CT molecular complexity index is 531. The SMILES string of the molecule is CC(NC(=O)c1cc(S(N)(=O)=O)c[nH]1)C1CC1. The molecule has 1 saturated carbocycles. The highest BCUT2D eigenvalue weighted by molar-refractivity contribution is 7.89.